The van der Waals surface area contributed by atoms with Crippen molar-refractivity contribution in [3.05, 3.63) is 30.1 Å². The SMILES string of the molecule is CCCCCCCC(NCC)c1ccccn1. The maximum absolute atomic E-state index is 4.45. The van der Waals surface area contributed by atoms with Crippen molar-refractivity contribution in [3.63, 3.8) is 0 Å². The van der Waals surface area contributed by atoms with Crippen LogP contribution in [0.3, 0.4) is 0 Å². The molecule has 0 saturated carbocycles. The van der Waals surface area contributed by atoms with Crippen LogP contribution in [0.15, 0.2) is 24.4 Å². The van der Waals surface area contributed by atoms with E-state index >= 15 is 0 Å². The highest BCUT2D eigenvalue weighted by atomic mass is 14.9. The highest BCUT2D eigenvalue weighted by Crippen LogP contribution is 2.18. The minimum absolute atomic E-state index is 0.433. The molecule has 0 aliphatic rings. The van der Waals surface area contributed by atoms with Crippen molar-refractivity contribution in [1.29, 1.82) is 0 Å². The number of hydrogen-bond donors (Lipinski definition) is 1. The minimum Gasteiger partial charge on any atom is -0.309 e. The van der Waals surface area contributed by atoms with E-state index in [0.717, 1.165) is 6.54 Å². The molecule has 1 rings (SSSR count). The fourth-order valence-electron chi connectivity index (χ4n) is 2.14. The second-order valence-corrected chi connectivity index (χ2v) is 4.57. The summed E-state index contributed by atoms with van der Waals surface area (Å²) in [6.07, 6.45) is 9.80. The van der Waals surface area contributed by atoms with Crippen LogP contribution < -0.4 is 5.32 Å². The van der Waals surface area contributed by atoms with Gasteiger partial charge in [0.2, 0.25) is 0 Å². The maximum atomic E-state index is 4.45. The summed E-state index contributed by atoms with van der Waals surface area (Å²) in [4.78, 5) is 4.45. The van der Waals surface area contributed by atoms with Gasteiger partial charge in [0.1, 0.15) is 0 Å². The van der Waals surface area contributed by atoms with Crippen LogP contribution in [0.1, 0.15) is 64.1 Å². The van der Waals surface area contributed by atoms with Gasteiger partial charge in [-0.05, 0) is 25.1 Å². The van der Waals surface area contributed by atoms with Crippen molar-refractivity contribution in [2.24, 2.45) is 0 Å². The van der Waals surface area contributed by atoms with E-state index in [9.17, 15) is 0 Å². The van der Waals surface area contributed by atoms with Gasteiger partial charge in [-0.2, -0.15) is 0 Å². The zero-order valence-corrected chi connectivity index (χ0v) is 11.3. The van der Waals surface area contributed by atoms with Gasteiger partial charge in [-0.15, -0.1) is 0 Å². The van der Waals surface area contributed by atoms with E-state index in [2.05, 4.69) is 36.3 Å². The van der Waals surface area contributed by atoms with Crippen molar-refractivity contribution in [2.45, 2.75) is 58.4 Å². The van der Waals surface area contributed by atoms with E-state index < -0.39 is 0 Å². The van der Waals surface area contributed by atoms with Crippen LogP contribution in [0.4, 0.5) is 0 Å². The highest BCUT2D eigenvalue weighted by Gasteiger charge is 2.10. The number of rotatable bonds is 9. The van der Waals surface area contributed by atoms with E-state index in [4.69, 9.17) is 0 Å². The molecule has 1 atom stereocenters. The van der Waals surface area contributed by atoms with E-state index in [-0.39, 0.29) is 0 Å². The summed E-state index contributed by atoms with van der Waals surface area (Å²) in [5.74, 6) is 0. The summed E-state index contributed by atoms with van der Waals surface area (Å²) in [6.45, 7) is 5.43. The van der Waals surface area contributed by atoms with E-state index in [1.807, 2.05) is 12.3 Å². The van der Waals surface area contributed by atoms with E-state index in [0.29, 0.717) is 6.04 Å². The van der Waals surface area contributed by atoms with Crippen molar-refractivity contribution >= 4 is 0 Å². The molecular weight excluding hydrogens is 208 g/mol. The zero-order valence-electron chi connectivity index (χ0n) is 11.3. The lowest BCUT2D eigenvalue weighted by atomic mass is 10.0. The molecule has 0 aromatic carbocycles. The van der Waals surface area contributed by atoms with Gasteiger partial charge in [0.25, 0.3) is 0 Å². The molecule has 0 aliphatic heterocycles. The average molecular weight is 234 g/mol. The van der Waals surface area contributed by atoms with Crippen LogP contribution in [0.2, 0.25) is 0 Å². The number of nitrogens with zero attached hydrogens (tertiary/aromatic N) is 1. The lowest BCUT2D eigenvalue weighted by Crippen LogP contribution is -2.21. The van der Waals surface area contributed by atoms with Gasteiger partial charge in [0.05, 0.1) is 5.69 Å². The van der Waals surface area contributed by atoms with Gasteiger partial charge in [-0.1, -0.05) is 52.0 Å². The summed E-state index contributed by atoms with van der Waals surface area (Å²) in [6, 6.07) is 6.61. The Morgan fingerprint density at radius 1 is 1.12 bits per heavy atom. The molecule has 0 aliphatic carbocycles. The molecule has 0 amide bonds. The maximum Gasteiger partial charge on any atom is 0.0573 e. The van der Waals surface area contributed by atoms with Crippen LogP contribution in [0, 0.1) is 0 Å². The lowest BCUT2D eigenvalue weighted by molar-refractivity contribution is 0.470. The molecule has 1 N–H and O–H groups in total. The number of pyridine rings is 1. The van der Waals surface area contributed by atoms with E-state index in [1.54, 1.807) is 0 Å². The topological polar surface area (TPSA) is 24.9 Å². The van der Waals surface area contributed by atoms with Crippen molar-refractivity contribution < 1.29 is 0 Å². The third-order valence-corrected chi connectivity index (χ3v) is 3.09. The second-order valence-electron chi connectivity index (χ2n) is 4.57. The quantitative estimate of drug-likeness (QED) is 0.651. The summed E-state index contributed by atoms with van der Waals surface area (Å²) < 4.78 is 0. The average Bonchev–Trinajstić information content (AvgIpc) is 2.38. The number of hydrogen-bond acceptors (Lipinski definition) is 2. The summed E-state index contributed by atoms with van der Waals surface area (Å²) in [5, 5.41) is 3.53. The molecule has 2 heteroatoms. The summed E-state index contributed by atoms with van der Waals surface area (Å²) >= 11 is 0. The fourth-order valence-corrected chi connectivity index (χ4v) is 2.14. The molecule has 1 heterocycles. The Kier molecular flexibility index (Phi) is 7.65. The predicted octanol–water partition coefficient (Wildman–Crippen LogP) is 4.09. The van der Waals surface area contributed by atoms with Gasteiger partial charge >= 0.3 is 0 Å². The van der Waals surface area contributed by atoms with Crippen LogP contribution in [0.25, 0.3) is 0 Å². The molecule has 0 spiro atoms. The zero-order chi connectivity index (χ0) is 12.3. The first-order chi connectivity index (χ1) is 8.38. The molecule has 0 saturated heterocycles. The standard InChI is InChI=1S/C15H26N2/c1-3-5-6-7-8-11-14(16-4-2)15-12-9-10-13-17-15/h9-10,12-14,16H,3-8,11H2,1-2H3. The van der Waals surface area contributed by atoms with Crippen molar-refractivity contribution in [3.8, 4) is 0 Å². The molecule has 1 aromatic rings. The van der Waals surface area contributed by atoms with Crippen molar-refractivity contribution in [1.82, 2.24) is 10.3 Å². The van der Waals surface area contributed by atoms with Gasteiger partial charge in [0, 0.05) is 12.2 Å². The van der Waals surface area contributed by atoms with Crippen LogP contribution in [-0.4, -0.2) is 11.5 Å². The Balaban J connectivity index is 2.33. The molecule has 2 nitrogen and oxygen atoms in total. The molecule has 1 aromatic heterocycles. The van der Waals surface area contributed by atoms with Crippen LogP contribution in [0.5, 0.6) is 0 Å². The van der Waals surface area contributed by atoms with Gasteiger partial charge in [0.15, 0.2) is 0 Å². The Morgan fingerprint density at radius 3 is 2.59 bits per heavy atom. The summed E-state index contributed by atoms with van der Waals surface area (Å²) in [7, 11) is 0. The Bertz CT molecular complexity index is 272. The third kappa shape index (κ3) is 5.83. The number of aromatic nitrogens is 1. The predicted molar refractivity (Wildman–Crippen MR) is 74.0 cm³/mol. The first-order valence-electron chi connectivity index (χ1n) is 7.02. The normalized spacial score (nSPS) is 12.6. The van der Waals surface area contributed by atoms with Gasteiger partial charge < -0.3 is 5.32 Å². The van der Waals surface area contributed by atoms with E-state index in [1.165, 1.54) is 44.2 Å². The smallest absolute Gasteiger partial charge is 0.0573 e. The van der Waals surface area contributed by atoms with Gasteiger partial charge in [-0.3, -0.25) is 4.98 Å². The fraction of sp³-hybridized carbons (Fsp3) is 0.667. The van der Waals surface area contributed by atoms with Gasteiger partial charge in [-0.25, -0.2) is 0 Å². The number of nitrogens with one attached hydrogen (secondary N) is 1. The number of unbranched alkanes of at least 4 members (excludes halogenated alkanes) is 4. The third-order valence-electron chi connectivity index (χ3n) is 3.09. The second kappa shape index (κ2) is 9.17. The highest BCUT2D eigenvalue weighted by molar-refractivity contribution is 5.08. The largest absolute Gasteiger partial charge is 0.309 e. The molecule has 0 fully saturated rings. The molecule has 17 heavy (non-hydrogen) atoms. The minimum atomic E-state index is 0.433. The first kappa shape index (κ1) is 14.2. The monoisotopic (exact) mass is 234 g/mol. The van der Waals surface area contributed by atoms with Crippen molar-refractivity contribution in [2.75, 3.05) is 6.54 Å². The first-order valence-corrected chi connectivity index (χ1v) is 7.02. The van der Waals surface area contributed by atoms with Crippen LogP contribution >= 0.6 is 0 Å². The molecule has 0 radical (unpaired) electrons. The Hall–Kier alpha value is -0.890. The Morgan fingerprint density at radius 2 is 1.94 bits per heavy atom. The van der Waals surface area contributed by atoms with Crippen LogP contribution in [-0.2, 0) is 0 Å². The summed E-state index contributed by atoms with van der Waals surface area (Å²) in [5.41, 5.74) is 1.19. The Labute approximate surface area is 106 Å². The molecule has 0 bridgehead atoms. The lowest BCUT2D eigenvalue weighted by Gasteiger charge is -2.17. The molecule has 1 unspecified atom stereocenters. The molecular formula is C15H26N2. The molecule has 96 valence electrons.